The minimum Gasteiger partial charge on any atom is -0.493 e. The number of amides is 1. The van der Waals surface area contributed by atoms with Gasteiger partial charge in [0, 0.05) is 17.1 Å². The number of esters is 1. The molecule has 0 saturated heterocycles. The van der Waals surface area contributed by atoms with Gasteiger partial charge in [0.25, 0.3) is 5.91 Å². The number of ether oxygens (including phenoxy) is 3. The van der Waals surface area contributed by atoms with E-state index in [1.807, 2.05) is 12.1 Å². The maximum atomic E-state index is 12.1. The summed E-state index contributed by atoms with van der Waals surface area (Å²) in [4.78, 5) is 24.1. The summed E-state index contributed by atoms with van der Waals surface area (Å²) < 4.78 is 15.6. The van der Waals surface area contributed by atoms with E-state index in [1.54, 1.807) is 44.6 Å². The lowest BCUT2D eigenvalue weighted by atomic mass is 10.1. The van der Waals surface area contributed by atoms with Gasteiger partial charge in [0.05, 0.1) is 14.2 Å². The van der Waals surface area contributed by atoms with E-state index in [4.69, 9.17) is 25.8 Å². The Hall–Kier alpha value is -2.73. The second-order valence-electron chi connectivity index (χ2n) is 5.82. The van der Waals surface area contributed by atoms with Crippen LogP contribution in [0.25, 0.3) is 0 Å². The molecule has 0 unspecified atom stereocenters. The van der Waals surface area contributed by atoms with Crippen LogP contribution in [-0.4, -0.2) is 32.2 Å². The number of carbonyl (C=O) groups excluding carboxylic acids is 2. The summed E-state index contributed by atoms with van der Waals surface area (Å²) in [7, 11) is 3.11. The molecule has 0 fully saturated rings. The molecule has 0 saturated carbocycles. The monoisotopic (exact) mass is 391 g/mol. The van der Waals surface area contributed by atoms with Gasteiger partial charge >= 0.3 is 5.97 Å². The number of rotatable bonds is 8. The van der Waals surface area contributed by atoms with Crippen molar-refractivity contribution in [2.75, 3.05) is 19.5 Å². The standard InChI is InChI=1S/C20H22ClNO5/c1-13(20(24)22-16-8-6-15(21)7-9-16)27-19(23)11-5-14-4-10-17(25-2)18(12-14)26-3/h4,6-10,12-13H,5,11H2,1-3H3,(H,22,24)/t13-/m1/s1. The molecular weight excluding hydrogens is 370 g/mol. The number of methoxy groups -OCH3 is 2. The zero-order chi connectivity index (χ0) is 19.8. The van der Waals surface area contributed by atoms with Gasteiger partial charge in [-0.2, -0.15) is 0 Å². The van der Waals surface area contributed by atoms with Crippen molar-refractivity contribution in [1.82, 2.24) is 0 Å². The maximum absolute atomic E-state index is 12.1. The minimum atomic E-state index is -0.904. The van der Waals surface area contributed by atoms with Crippen LogP contribution in [0.3, 0.4) is 0 Å². The van der Waals surface area contributed by atoms with E-state index in [2.05, 4.69) is 5.32 Å². The molecule has 2 aromatic carbocycles. The van der Waals surface area contributed by atoms with Gasteiger partial charge in [0.1, 0.15) is 0 Å². The number of aryl methyl sites for hydroxylation is 1. The Morgan fingerprint density at radius 1 is 1.04 bits per heavy atom. The Morgan fingerprint density at radius 3 is 2.33 bits per heavy atom. The molecule has 7 heteroatoms. The Morgan fingerprint density at radius 2 is 1.70 bits per heavy atom. The fourth-order valence-electron chi connectivity index (χ4n) is 2.37. The van der Waals surface area contributed by atoms with Crippen molar-refractivity contribution < 1.29 is 23.8 Å². The van der Waals surface area contributed by atoms with Crippen LogP contribution in [0.15, 0.2) is 42.5 Å². The second-order valence-corrected chi connectivity index (χ2v) is 6.25. The van der Waals surface area contributed by atoms with Crippen molar-refractivity contribution in [2.45, 2.75) is 25.9 Å². The summed E-state index contributed by atoms with van der Waals surface area (Å²) in [6.07, 6.45) is -0.294. The first-order chi connectivity index (χ1) is 12.9. The average Bonchev–Trinajstić information content (AvgIpc) is 2.67. The van der Waals surface area contributed by atoms with Crippen molar-refractivity contribution in [3.63, 3.8) is 0 Å². The van der Waals surface area contributed by atoms with Crippen LogP contribution in [0.5, 0.6) is 11.5 Å². The van der Waals surface area contributed by atoms with E-state index < -0.39 is 18.0 Å². The van der Waals surface area contributed by atoms with Gasteiger partial charge in [-0.25, -0.2) is 0 Å². The van der Waals surface area contributed by atoms with E-state index in [0.29, 0.717) is 28.6 Å². The van der Waals surface area contributed by atoms with Gasteiger partial charge in [-0.05, 0) is 55.3 Å². The SMILES string of the molecule is COc1ccc(CCC(=O)O[C@H](C)C(=O)Nc2ccc(Cl)cc2)cc1OC. The van der Waals surface area contributed by atoms with Gasteiger partial charge < -0.3 is 19.5 Å². The Labute approximate surface area is 163 Å². The van der Waals surface area contributed by atoms with Crippen LogP contribution in [0.2, 0.25) is 5.02 Å². The van der Waals surface area contributed by atoms with E-state index in [9.17, 15) is 9.59 Å². The Kier molecular flexibility index (Phi) is 7.49. The molecule has 0 radical (unpaired) electrons. The number of anilines is 1. The first-order valence-corrected chi connectivity index (χ1v) is 8.77. The highest BCUT2D eigenvalue weighted by molar-refractivity contribution is 6.30. The topological polar surface area (TPSA) is 73.9 Å². The molecule has 6 nitrogen and oxygen atoms in total. The molecule has 0 aromatic heterocycles. The van der Waals surface area contributed by atoms with Crippen molar-refractivity contribution in [3.05, 3.63) is 53.1 Å². The maximum Gasteiger partial charge on any atom is 0.306 e. The van der Waals surface area contributed by atoms with E-state index >= 15 is 0 Å². The van der Waals surface area contributed by atoms with Gasteiger partial charge in [0.15, 0.2) is 17.6 Å². The van der Waals surface area contributed by atoms with Crippen LogP contribution >= 0.6 is 11.6 Å². The highest BCUT2D eigenvalue weighted by atomic mass is 35.5. The molecule has 0 heterocycles. The summed E-state index contributed by atoms with van der Waals surface area (Å²) in [6.45, 7) is 1.53. The molecule has 0 aliphatic heterocycles. The fraction of sp³-hybridized carbons (Fsp3) is 0.300. The first kappa shape index (κ1) is 20.6. The van der Waals surface area contributed by atoms with Crippen LogP contribution in [-0.2, 0) is 20.7 Å². The lowest BCUT2D eigenvalue weighted by Crippen LogP contribution is -2.30. The first-order valence-electron chi connectivity index (χ1n) is 8.39. The third kappa shape index (κ3) is 6.18. The summed E-state index contributed by atoms with van der Waals surface area (Å²) in [6, 6.07) is 12.1. The largest absolute Gasteiger partial charge is 0.493 e. The number of hydrogen-bond acceptors (Lipinski definition) is 5. The second kappa shape index (κ2) is 9.83. The smallest absolute Gasteiger partial charge is 0.306 e. The molecule has 0 aliphatic carbocycles. The summed E-state index contributed by atoms with van der Waals surface area (Å²) in [5.41, 5.74) is 1.49. The molecule has 0 aliphatic rings. The zero-order valence-corrected chi connectivity index (χ0v) is 16.2. The summed E-state index contributed by atoms with van der Waals surface area (Å²) in [5, 5.41) is 3.24. The molecule has 2 aromatic rings. The third-order valence-corrected chi connectivity index (χ3v) is 4.11. The molecule has 0 bridgehead atoms. The molecule has 1 atom stereocenters. The van der Waals surface area contributed by atoms with E-state index in [0.717, 1.165) is 5.56 Å². The molecule has 0 spiro atoms. The average molecular weight is 392 g/mol. The van der Waals surface area contributed by atoms with Gasteiger partial charge in [-0.3, -0.25) is 9.59 Å². The highest BCUT2D eigenvalue weighted by Gasteiger charge is 2.18. The normalized spacial score (nSPS) is 11.4. The Bertz CT molecular complexity index is 791. The number of carbonyl (C=O) groups is 2. The van der Waals surface area contributed by atoms with E-state index in [-0.39, 0.29) is 6.42 Å². The number of nitrogens with one attached hydrogen (secondary N) is 1. The van der Waals surface area contributed by atoms with Gasteiger partial charge in [-0.15, -0.1) is 0 Å². The number of benzene rings is 2. The predicted octanol–water partition coefficient (Wildman–Crippen LogP) is 3.86. The lowest BCUT2D eigenvalue weighted by molar-refractivity contribution is -0.153. The minimum absolute atomic E-state index is 0.147. The number of hydrogen-bond donors (Lipinski definition) is 1. The summed E-state index contributed by atoms with van der Waals surface area (Å²) >= 11 is 5.80. The van der Waals surface area contributed by atoms with Crippen LogP contribution in [0, 0.1) is 0 Å². The molecular formula is C20H22ClNO5. The van der Waals surface area contributed by atoms with Crippen LogP contribution in [0.1, 0.15) is 18.9 Å². The van der Waals surface area contributed by atoms with Gasteiger partial charge in [0.2, 0.25) is 0 Å². The lowest BCUT2D eigenvalue weighted by Gasteiger charge is -2.14. The number of halogens is 1. The predicted molar refractivity (Wildman–Crippen MR) is 104 cm³/mol. The van der Waals surface area contributed by atoms with Crippen molar-refractivity contribution in [3.8, 4) is 11.5 Å². The summed E-state index contributed by atoms with van der Waals surface area (Å²) in [5.74, 6) is 0.357. The zero-order valence-electron chi connectivity index (χ0n) is 15.5. The molecule has 144 valence electrons. The fourth-order valence-corrected chi connectivity index (χ4v) is 2.50. The molecule has 27 heavy (non-hydrogen) atoms. The van der Waals surface area contributed by atoms with Crippen LogP contribution < -0.4 is 14.8 Å². The van der Waals surface area contributed by atoms with Crippen molar-refractivity contribution >= 4 is 29.2 Å². The quantitative estimate of drug-likeness (QED) is 0.691. The molecule has 1 amide bonds. The highest BCUT2D eigenvalue weighted by Crippen LogP contribution is 2.28. The van der Waals surface area contributed by atoms with Gasteiger partial charge in [-0.1, -0.05) is 17.7 Å². The van der Waals surface area contributed by atoms with Crippen molar-refractivity contribution in [2.24, 2.45) is 0 Å². The third-order valence-electron chi connectivity index (χ3n) is 3.85. The molecule has 2 rings (SSSR count). The van der Waals surface area contributed by atoms with E-state index in [1.165, 1.54) is 6.92 Å². The van der Waals surface area contributed by atoms with Crippen molar-refractivity contribution in [1.29, 1.82) is 0 Å². The molecule has 1 N–H and O–H groups in total. The Balaban J connectivity index is 1.84. The van der Waals surface area contributed by atoms with Crippen LogP contribution in [0.4, 0.5) is 5.69 Å².